The van der Waals surface area contributed by atoms with Crippen molar-refractivity contribution in [2.24, 2.45) is 0 Å². The van der Waals surface area contributed by atoms with E-state index in [0.717, 1.165) is 10.0 Å². The molecule has 2 N–H and O–H groups in total. The first kappa shape index (κ1) is 15.7. The number of carbonyl (C=O) groups is 2. The zero-order valence-corrected chi connectivity index (χ0v) is 14.2. The van der Waals surface area contributed by atoms with Gasteiger partial charge < -0.3 is 10.4 Å². The van der Waals surface area contributed by atoms with Crippen molar-refractivity contribution < 1.29 is 14.7 Å². The molecular formula is C15H11Br2NO3. The van der Waals surface area contributed by atoms with Gasteiger partial charge in [0.15, 0.2) is 0 Å². The Morgan fingerprint density at radius 2 is 1.76 bits per heavy atom. The fourth-order valence-electron chi connectivity index (χ4n) is 1.80. The van der Waals surface area contributed by atoms with Gasteiger partial charge >= 0.3 is 5.97 Å². The number of hydrogen-bond acceptors (Lipinski definition) is 2. The number of rotatable bonds is 3. The number of benzene rings is 2. The summed E-state index contributed by atoms with van der Waals surface area (Å²) >= 11 is 6.49. The third-order valence-corrected chi connectivity index (χ3v) is 4.08. The lowest BCUT2D eigenvalue weighted by molar-refractivity contribution is 0.0695. The van der Waals surface area contributed by atoms with E-state index in [9.17, 15) is 9.59 Å². The topological polar surface area (TPSA) is 66.4 Å². The zero-order chi connectivity index (χ0) is 15.6. The van der Waals surface area contributed by atoms with Crippen LogP contribution in [0.5, 0.6) is 0 Å². The van der Waals surface area contributed by atoms with E-state index in [2.05, 4.69) is 37.2 Å². The monoisotopic (exact) mass is 411 g/mol. The Morgan fingerprint density at radius 1 is 1.05 bits per heavy atom. The van der Waals surface area contributed by atoms with Gasteiger partial charge in [0.25, 0.3) is 5.91 Å². The van der Waals surface area contributed by atoms with Gasteiger partial charge in [-0.2, -0.15) is 0 Å². The molecule has 2 rings (SSSR count). The van der Waals surface area contributed by atoms with Crippen molar-refractivity contribution in [3.63, 3.8) is 0 Å². The lowest BCUT2D eigenvalue weighted by atomic mass is 10.1. The molecule has 0 radical (unpaired) electrons. The Hall–Kier alpha value is -1.66. The van der Waals surface area contributed by atoms with Crippen molar-refractivity contribution in [3.8, 4) is 0 Å². The van der Waals surface area contributed by atoms with Gasteiger partial charge in [0.2, 0.25) is 0 Å². The van der Waals surface area contributed by atoms with Crippen LogP contribution in [0.25, 0.3) is 0 Å². The van der Waals surface area contributed by atoms with Gasteiger partial charge in [-0.25, -0.2) is 4.79 Å². The van der Waals surface area contributed by atoms with Gasteiger partial charge in [0.05, 0.1) is 5.56 Å². The molecule has 0 unspecified atom stereocenters. The average molecular weight is 413 g/mol. The van der Waals surface area contributed by atoms with Crippen molar-refractivity contribution in [1.29, 1.82) is 0 Å². The second-order valence-corrected chi connectivity index (χ2v) is 6.18. The number of aromatic carboxylic acids is 1. The molecule has 0 aliphatic rings. The molecule has 2 aromatic carbocycles. The van der Waals surface area contributed by atoms with E-state index in [-0.39, 0.29) is 11.5 Å². The zero-order valence-electron chi connectivity index (χ0n) is 11.0. The summed E-state index contributed by atoms with van der Waals surface area (Å²) in [5, 5.41) is 11.8. The van der Waals surface area contributed by atoms with Gasteiger partial charge in [-0.1, -0.05) is 22.0 Å². The summed E-state index contributed by atoms with van der Waals surface area (Å²) in [6, 6.07) is 10.1. The molecule has 6 heteroatoms. The second-order valence-electron chi connectivity index (χ2n) is 4.41. The van der Waals surface area contributed by atoms with Gasteiger partial charge in [-0.15, -0.1) is 0 Å². The number of carboxylic acids is 1. The van der Waals surface area contributed by atoms with E-state index in [1.54, 1.807) is 18.2 Å². The molecule has 0 fully saturated rings. The highest BCUT2D eigenvalue weighted by Crippen LogP contribution is 2.22. The quantitative estimate of drug-likeness (QED) is 0.781. The minimum absolute atomic E-state index is 0.0961. The number of nitrogens with one attached hydrogen (secondary N) is 1. The number of carboxylic acid groups (broad SMARTS) is 1. The summed E-state index contributed by atoms with van der Waals surface area (Å²) in [6.45, 7) is 1.84. The normalized spacial score (nSPS) is 10.2. The Bertz CT molecular complexity index is 729. The predicted octanol–water partition coefficient (Wildman–Crippen LogP) is 4.47. The maximum atomic E-state index is 12.3. The highest BCUT2D eigenvalue weighted by molar-refractivity contribution is 9.10. The molecule has 0 aliphatic heterocycles. The number of halogens is 2. The molecule has 0 bridgehead atoms. The summed E-state index contributed by atoms with van der Waals surface area (Å²) < 4.78 is 1.27. The van der Waals surface area contributed by atoms with Crippen LogP contribution in [0.1, 0.15) is 26.3 Å². The summed E-state index contributed by atoms with van der Waals surface area (Å²) in [7, 11) is 0. The summed E-state index contributed by atoms with van der Waals surface area (Å²) in [5.74, 6) is -1.34. The first-order valence-corrected chi connectivity index (χ1v) is 7.57. The van der Waals surface area contributed by atoms with E-state index in [4.69, 9.17) is 5.11 Å². The van der Waals surface area contributed by atoms with Gasteiger partial charge in [-0.3, -0.25) is 4.79 Å². The maximum absolute atomic E-state index is 12.3. The van der Waals surface area contributed by atoms with E-state index in [0.29, 0.717) is 15.7 Å². The molecule has 2 aromatic rings. The highest BCUT2D eigenvalue weighted by Gasteiger charge is 2.13. The molecule has 0 atom stereocenters. The molecule has 0 saturated carbocycles. The molecule has 108 valence electrons. The van der Waals surface area contributed by atoms with E-state index >= 15 is 0 Å². The van der Waals surface area contributed by atoms with Crippen molar-refractivity contribution >= 4 is 49.4 Å². The highest BCUT2D eigenvalue weighted by atomic mass is 79.9. The van der Waals surface area contributed by atoms with Crippen LogP contribution in [0.3, 0.4) is 0 Å². The van der Waals surface area contributed by atoms with Crippen LogP contribution in [0, 0.1) is 6.92 Å². The molecule has 1 amide bonds. The Labute approximate surface area is 138 Å². The van der Waals surface area contributed by atoms with Crippen LogP contribution < -0.4 is 5.32 Å². The van der Waals surface area contributed by atoms with Gasteiger partial charge in [-0.05, 0) is 58.7 Å². The molecule has 21 heavy (non-hydrogen) atoms. The third-order valence-electron chi connectivity index (χ3n) is 2.90. The third kappa shape index (κ3) is 3.71. The van der Waals surface area contributed by atoms with Crippen LogP contribution in [0.2, 0.25) is 0 Å². The average Bonchev–Trinajstić information content (AvgIpc) is 2.43. The maximum Gasteiger partial charge on any atom is 0.336 e. The van der Waals surface area contributed by atoms with Crippen LogP contribution >= 0.6 is 31.9 Å². The minimum atomic E-state index is -1.06. The molecular weight excluding hydrogens is 402 g/mol. The summed E-state index contributed by atoms with van der Waals surface area (Å²) in [4.78, 5) is 23.3. The second kappa shape index (κ2) is 6.41. The summed E-state index contributed by atoms with van der Waals surface area (Å²) in [6.07, 6.45) is 0. The van der Waals surface area contributed by atoms with Crippen LogP contribution in [-0.2, 0) is 0 Å². The fraction of sp³-hybridized carbons (Fsp3) is 0.0667. The molecule has 0 spiro atoms. The molecule has 0 heterocycles. The Kier molecular flexibility index (Phi) is 4.80. The Balaban J connectivity index is 2.29. The smallest absolute Gasteiger partial charge is 0.336 e. The number of carbonyl (C=O) groups excluding carboxylic acids is 1. The first-order valence-electron chi connectivity index (χ1n) is 5.99. The van der Waals surface area contributed by atoms with Crippen molar-refractivity contribution in [2.75, 3.05) is 5.32 Å². The van der Waals surface area contributed by atoms with Crippen LogP contribution in [-0.4, -0.2) is 17.0 Å². The van der Waals surface area contributed by atoms with E-state index in [1.807, 2.05) is 19.1 Å². The number of aryl methyl sites for hydroxylation is 1. The summed E-state index contributed by atoms with van der Waals surface area (Å²) in [5.41, 5.74) is 1.90. The van der Waals surface area contributed by atoms with Crippen molar-refractivity contribution in [1.82, 2.24) is 0 Å². The Morgan fingerprint density at radius 3 is 2.43 bits per heavy atom. The van der Waals surface area contributed by atoms with Crippen molar-refractivity contribution in [3.05, 3.63) is 62.0 Å². The van der Waals surface area contributed by atoms with Crippen LogP contribution in [0.15, 0.2) is 45.3 Å². The van der Waals surface area contributed by atoms with Crippen LogP contribution in [0.4, 0.5) is 5.69 Å². The number of anilines is 1. The SMILES string of the molecule is Cc1ccc(Br)cc1C(=O)Nc1ccc(Br)c(C(=O)O)c1. The minimum Gasteiger partial charge on any atom is -0.478 e. The molecule has 0 aliphatic carbocycles. The van der Waals surface area contributed by atoms with Gasteiger partial charge in [0, 0.05) is 20.2 Å². The standard InChI is InChI=1S/C15H11Br2NO3/c1-8-2-3-9(16)6-11(8)14(19)18-10-4-5-13(17)12(7-10)15(20)21/h2-7H,1H3,(H,18,19)(H,20,21). The van der Waals surface area contributed by atoms with E-state index in [1.165, 1.54) is 6.07 Å². The lowest BCUT2D eigenvalue weighted by Gasteiger charge is -2.09. The first-order chi connectivity index (χ1) is 9.88. The van der Waals surface area contributed by atoms with Crippen molar-refractivity contribution in [2.45, 2.75) is 6.92 Å². The van der Waals surface area contributed by atoms with Gasteiger partial charge in [0.1, 0.15) is 0 Å². The molecule has 0 aromatic heterocycles. The fourth-order valence-corrected chi connectivity index (χ4v) is 2.58. The number of hydrogen-bond donors (Lipinski definition) is 2. The predicted molar refractivity (Wildman–Crippen MR) is 87.9 cm³/mol. The largest absolute Gasteiger partial charge is 0.478 e. The lowest BCUT2D eigenvalue weighted by Crippen LogP contribution is -2.14. The molecule has 4 nitrogen and oxygen atoms in total. The number of amides is 1. The van der Waals surface area contributed by atoms with E-state index < -0.39 is 5.97 Å². The molecule has 0 saturated heterocycles.